The molecule has 1 aromatic carbocycles. The Kier molecular flexibility index (Phi) is 5.54. The number of hydrogen-bond acceptors (Lipinski definition) is 6. The minimum absolute atomic E-state index is 0.0313. The molecule has 3 N–H and O–H groups in total. The monoisotopic (exact) mass is 417 g/mol. The van der Waals surface area contributed by atoms with Crippen molar-refractivity contribution in [2.24, 2.45) is 5.73 Å². The summed E-state index contributed by atoms with van der Waals surface area (Å²) in [7, 11) is 0. The van der Waals surface area contributed by atoms with Gasteiger partial charge in [-0.1, -0.05) is 45.0 Å². The number of pyridine rings is 1. The number of thiophene rings is 1. The van der Waals surface area contributed by atoms with Crippen LogP contribution in [0.2, 0.25) is 0 Å². The van der Waals surface area contributed by atoms with E-state index in [0.717, 1.165) is 21.6 Å². The Labute approximate surface area is 181 Å². The van der Waals surface area contributed by atoms with Crippen LogP contribution in [-0.4, -0.2) is 27.5 Å². The van der Waals surface area contributed by atoms with E-state index < -0.39 is 0 Å². The van der Waals surface area contributed by atoms with E-state index in [2.05, 4.69) is 61.4 Å². The number of nitrogens with zero attached hydrogens (tertiary/aromatic N) is 3. The zero-order chi connectivity index (χ0) is 21.3. The highest BCUT2D eigenvalue weighted by atomic mass is 32.1. The van der Waals surface area contributed by atoms with Gasteiger partial charge in [0, 0.05) is 35.4 Å². The van der Waals surface area contributed by atoms with Gasteiger partial charge in [-0.05, 0) is 41.7 Å². The van der Waals surface area contributed by atoms with Crippen molar-refractivity contribution in [1.82, 2.24) is 15.0 Å². The third kappa shape index (κ3) is 4.35. The van der Waals surface area contributed by atoms with Crippen LogP contribution >= 0.6 is 11.3 Å². The predicted molar refractivity (Wildman–Crippen MR) is 127 cm³/mol. The van der Waals surface area contributed by atoms with Crippen LogP contribution in [0.5, 0.6) is 0 Å². The zero-order valence-corrected chi connectivity index (χ0v) is 18.6. The van der Waals surface area contributed by atoms with E-state index >= 15 is 0 Å². The quantitative estimate of drug-likeness (QED) is 0.450. The van der Waals surface area contributed by atoms with Gasteiger partial charge in [-0.15, -0.1) is 11.3 Å². The largest absolute Gasteiger partial charge is 0.367 e. The van der Waals surface area contributed by atoms with Crippen LogP contribution in [0.1, 0.15) is 33.3 Å². The van der Waals surface area contributed by atoms with Crippen molar-refractivity contribution in [2.75, 3.05) is 11.9 Å². The number of fused-ring (bicyclic) bond motifs is 1. The molecule has 5 nitrogen and oxygen atoms in total. The van der Waals surface area contributed by atoms with E-state index in [1.54, 1.807) is 23.7 Å². The van der Waals surface area contributed by atoms with E-state index in [-0.39, 0.29) is 11.5 Å². The molecular formula is C24H27N5S. The van der Waals surface area contributed by atoms with Crippen molar-refractivity contribution < 1.29 is 0 Å². The predicted octanol–water partition coefficient (Wildman–Crippen LogP) is 5.48. The second kappa shape index (κ2) is 8.13. The Balaban J connectivity index is 1.79. The summed E-state index contributed by atoms with van der Waals surface area (Å²) in [4.78, 5) is 14.9. The number of hydrogen-bond donors (Lipinski definition) is 2. The molecule has 3 aromatic heterocycles. The lowest BCUT2D eigenvalue weighted by Crippen LogP contribution is -2.25. The molecule has 6 heteroatoms. The second-order valence-corrected chi connectivity index (χ2v) is 9.69. The molecule has 0 aliphatic carbocycles. The standard InChI is InChI=1S/C24H27N5S/c1-15(25)14-27-23-21-19(28-22(29-23)17-9-11-26-12-10-17)13-20(30-21)16-5-7-18(8-6-16)24(2,3)4/h5-13,15H,14,25H2,1-4H3,(H,27,28,29)/t15-/m1/s1. The lowest BCUT2D eigenvalue weighted by Gasteiger charge is -2.18. The second-order valence-electron chi connectivity index (χ2n) is 8.64. The van der Waals surface area contributed by atoms with Crippen molar-refractivity contribution in [2.45, 2.75) is 39.2 Å². The van der Waals surface area contributed by atoms with Crippen LogP contribution in [0.3, 0.4) is 0 Å². The summed E-state index contributed by atoms with van der Waals surface area (Å²) in [6.45, 7) is 9.32. The van der Waals surface area contributed by atoms with Gasteiger partial charge in [-0.25, -0.2) is 9.97 Å². The van der Waals surface area contributed by atoms with Gasteiger partial charge in [0.15, 0.2) is 5.82 Å². The van der Waals surface area contributed by atoms with E-state index in [0.29, 0.717) is 12.4 Å². The molecule has 4 rings (SSSR count). The van der Waals surface area contributed by atoms with Crippen LogP contribution in [0.4, 0.5) is 5.82 Å². The van der Waals surface area contributed by atoms with Crippen molar-refractivity contribution in [3.05, 3.63) is 60.4 Å². The molecule has 0 saturated carbocycles. The Morgan fingerprint density at radius 3 is 2.33 bits per heavy atom. The summed E-state index contributed by atoms with van der Waals surface area (Å²) in [6, 6.07) is 14.8. The summed E-state index contributed by atoms with van der Waals surface area (Å²) in [6.07, 6.45) is 3.52. The lowest BCUT2D eigenvalue weighted by molar-refractivity contribution is 0.590. The number of benzene rings is 1. The highest BCUT2D eigenvalue weighted by molar-refractivity contribution is 7.22. The smallest absolute Gasteiger partial charge is 0.162 e. The molecule has 0 fully saturated rings. The summed E-state index contributed by atoms with van der Waals surface area (Å²) in [5.74, 6) is 1.51. The maximum absolute atomic E-state index is 5.97. The van der Waals surface area contributed by atoms with Gasteiger partial charge in [0.1, 0.15) is 5.82 Å². The van der Waals surface area contributed by atoms with Gasteiger partial charge in [0.2, 0.25) is 0 Å². The maximum atomic E-state index is 5.97. The minimum atomic E-state index is 0.0313. The van der Waals surface area contributed by atoms with Gasteiger partial charge in [0.05, 0.1) is 10.2 Å². The number of rotatable bonds is 5. The fraction of sp³-hybridized carbons (Fsp3) is 0.292. The van der Waals surface area contributed by atoms with E-state index in [9.17, 15) is 0 Å². The zero-order valence-electron chi connectivity index (χ0n) is 17.8. The van der Waals surface area contributed by atoms with Gasteiger partial charge >= 0.3 is 0 Å². The number of nitrogens with one attached hydrogen (secondary N) is 1. The van der Waals surface area contributed by atoms with Crippen LogP contribution < -0.4 is 11.1 Å². The first-order valence-electron chi connectivity index (χ1n) is 10.1. The molecule has 0 radical (unpaired) electrons. The molecule has 0 amide bonds. The number of anilines is 1. The lowest BCUT2D eigenvalue weighted by atomic mass is 9.86. The van der Waals surface area contributed by atoms with Crippen LogP contribution in [0.15, 0.2) is 54.9 Å². The fourth-order valence-corrected chi connectivity index (χ4v) is 4.28. The topological polar surface area (TPSA) is 76.7 Å². The highest BCUT2D eigenvalue weighted by Crippen LogP contribution is 2.37. The normalized spacial score (nSPS) is 12.8. The molecule has 0 aliphatic rings. The maximum Gasteiger partial charge on any atom is 0.162 e. The third-order valence-corrected chi connectivity index (χ3v) is 6.12. The van der Waals surface area contributed by atoms with Crippen molar-refractivity contribution in [3.63, 3.8) is 0 Å². The average molecular weight is 418 g/mol. The summed E-state index contributed by atoms with van der Waals surface area (Å²) in [5, 5.41) is 3.41. The molecule has 0 aliphatic heterocycles. The molecule has 154 valence electrons. The molecule has 0 saturated heterocycles. The minimum Gasteiger partial charge on any atom is -0.367 e. The first-order valence-corrected chi connectivity index (χ1v) is 11.0. The van der Waals surface area contributed by atoms with Gasteiger partial charge in [-0.2, -0.15) is 0 Å². The van der Waals surface area contributed by atoms with Gasteiger partial charge in [0.25, 0.3) is 0 Å². The molecule has 30 heavy (non-hydrogen) atoms. The van der Waals surface area contributed by atoms with Crippen LogP contribution in [0, 0.1) is 0 Å². The molecule has 4 aromatic rings. The summed E-state index contributed by atoms with van der Waals surface area (Å²) >= 11 is 1.71. The number of aromatic nitrogens is 3. The van der Waals surface area contributed by atoms with Crippen LogP contribution in [-0.2, 0) is 5.41 Å². The van der Waals surface area contributed by atoms with Gasteiger partial charge in [-0.3, -0.25) is 4.98 Å². The van der Waals surface area contributed by atoms with E-state index in [1.165, 1.54) is 16.0 Å². The van der Waals surface area contributed by atoms with Crippen LogP contribution in [0.25, 0.3) is 32.0 Å². The molecule has 3 heterocycles. The van der Waals surface area contributed by atoms with E-state index in [4.69, 9.17) is 15.7 Å². The Morgan fingerprint density at radius 1 is 1.00 bits per heavy atom. The molecule has 0 unspecified atom stereocenters. The molecule has 1 atom stereocenters. The van der Waals surface area contributed by atoms with E-state index in [1.807, 2.05) is 19.1 Å². The number of nitrogens with two attached hydrogens (primary N) is 1. The third-order valence-electron chi connectivity index (χ3n) is 4.94. The Morgan fingerprint density at radius 2 is 1.70 bits per heavy atom. The van der Waals surface area contributed by atoms with Crippen molar-refractivity contribution in [3.8, 4) is 21.8 Å². The Bertz CT molecular complexity index is 1140. The molecule has 0 spiro atoms. The summed E-state index contributed by atoms with van der Waals surface area (Å²) in [5.41, 5.74) is 10.5. The average Bonchev–Trinajstić information content (AvgIpc) is 3.16. The first-order chi connectivity index (χ1) is 14.3. The first kappa shape index (κ1) is 20.4. The van der Waals surface area contributed by atoms with Gasteiger partial charge < -0.3 is 11.1 Å². The van der Waals surface area contributed by atoms with Crippen molar-refractivity contribution in [1.29, 1.82) is 0 Å². The Hall–Kier alpha value is -2.83. The summed E-state index contributed by atoms with van der Waals surface area (Å²) < 4.78 is 1.04. The van der Waals surface area contributed by atoms with Crippen molar-refractivity contribution >= 4 is 27.4 Å². The fourth-order valence-electron chi connectivity index (χ4n) is 3.21. The molecular weight excluding hydrogens is 390 g/mol. The highest BCUT2D eigenvalue weighted by Gasteiger charge is 2.16. The SMILES string of the molecule is C[C@@H](N)CNc1nc(-c2ccncc2)nc2cc(-c3ccc(C(C)(C)C)cc3)sc12. The molecule has 0 bridgehead atoms.